The first-order valence-electron chi connectivity index (χ1n) is 7.65. The lowest BCUT2D eigenvalue weighted by molar-refractivity contribution is -0.132. The van der Waals surface area contributed by atoms with E-state index in [0.717, 1.165) is 12.0 Å². The Hall–Kier alpha value is -2.70. The van der Waals surface area contributed by atoms with Gasteiger partial charge in [0.1, 0.15) is 0 Å². The van der Waals surface area contributed by atoms with Crippen molar-refractivity contribution in [1.82, 2.24) is 25.0 Å². The van der Waals surface area contributed by atoms with Gasteiger partial charge in [-0.25, -0.2) is 0 Å². The first-order chi connectivity index (χ1) is 11.2. The number of hydrogen-bond acceptors (Lipinski definition) is 4. The van der Waals surface area contributed by atoms with Crippen LogP contribution in [0.25, 0.3) is 0 Å². The van der Waals surface area contributed by atoms with Crippen molar-refractivity contribution in [2.45, 2.75) is 25.9 Å². The molecule has 1 aromatic heterocycles. The van der Waals surface area contributed by atoms with Crippen molar-refractivity contribution in [2.24, 2.45) is 0 Å². The van der Waals surface area contributed by atoms with Crippen LogP contribution in [-0.2, 0) is 24.3 Å². The topological polar surface area (TPSA) is 80.1 Å². The second-order valence-corrected chi connectivity index (χ2v) is 5.47. The minimum absolute atomic E-state index is 0.101. The van der Waals surface area contributed by atoms with Crippen molar-refractivity contribution in [3.05, 3.63) is 47.5 Å². The highest BCUT2D eigenvalue weighted by molar-refractivity contribution is 5.90. The van der Waals surface area contributed by atoms with Gasteiger partial charge in [-0.05, 0) is 12.0 Å². The van der Waals surface area contributed by atoms with E-state index < -0.39 is 0 Å². The summed E-state index contributed by atoms with van der Waals surface area (Å²) >= 11 is 0. The summed E-state index contributed by atoms with van der Waals surface area (Å²) in [5, 5.41) is 10.5. The molecule has 2 amide bonds. The maximum Gasteiger partial charge on any atom is 0.288 e. The lowest BCUT2D eigenvalue weighted by atomic mass is 10.1. The molecular formula is C16H19N5O2. The molecular weight excluding hydrogens is 294 g/mol. The van der Waals surface area contributed by atoms with Crippen LogP contribution in [0.1, 0.15) is 28.4 Å². The summed E-state index contributed by atoms with van der Waals surface area (Å²) in [5.74, 6) is 0.805. The first kappa shape index (κ1) is 15.2. The molecule has 7 nitrogen and oxygen atoms in total. The van der Waals surface area contributed by atoms with Crippen molar-refractivity contribution in [3.8, 4) is 0 Å². The van der Waals surface area contributed by atoms with Crippen molar-refractivity contribution in [2.75, 3.05) is 13.6 Å². The van der Waals surface area contributed by atoms with Crippen LogP contribution < -0.4 is 5.32 Å². The van der Waals surface area contributed by atoms with Crippen molar-refractivity contribution >= 4 is 11.8 Å². The van der Waals surface area contributed by atoms with Gasteiger partial charge in [0.25, 0.3) is 5.91 Å². The van der Waals surface area contributed by atoms with Crippen molar-refractivity contribution in [1.29, 1.82) is 0 Å². The Morgan fingerprint density at radius 1 is 1.17 bits per heavy atom. The number of nitrogens with one attached hydrogen (secondary N) is 1. The molecule has 7 heteroatoms. The van der Waals surface area contributed by atoms with Gasteiger partial charge in [0.2, 0.25) is 11.7 Å². The van der Waals surface area contributed by atoms with E-state index in [0.29, 0.717) is 37.7 Å². The van der Waals surface area contributed by atoms with E-state index in [2.05, 4.69) is 15.5 Å². The molecule has 1 aliphatic rings. The molecule has 0 bridgehead atoms. The molecule has 0 fully saturated rings. The largest absolute Gasteiger partial charge is 0.352 e. The molecule has 0 atom stereocenters. The van der Waals surface area contributed by atoms with Crippen LogP contribution in [0.4, 0.5) is 0 Å². The Kier molecular flexibility index (Phi) is 4.36. The molecule has 1 aromatic carbocycles. The summed E-state index contributed by atoms with van der Waals surface area (Å²) in [6, 6.07) is 9.96. The predicted octanol–water partition coefficient (Wildman–Crippen LogP) is 0.613. The van der Waals surface area contributed by atoms with Gasteiger partial charge in [-0.15, -0.1) is 10.2 Å². The van der Waals surface area contributed by atoms with E-state index in [1.54, 1.807) is 16.5 Å². The number of hydrogen-bond donors (Lipinski definition) is 1. The van der Waals surface area contributed by atoms with Crippen LogP contribution >= 0.6 is 0 Å². The molecule has 0 saturated carbocycles. The van der Waals surface area contributed by atoms with Gasteiger partial charge >= 0.3 is 0 Å². The molecule has 3 rings (SSSR count). The molecule has 2 heterocycles. The lowest BCUT2D eigenvalue weighted by Gasteiger charge is -2.27. The molecule has 23 heavy (non-hydrogen) atoms. The number of nitrogens with zero attached hydrogens (tertiary/aromatic N) is 4. The number of aromatic nitrogens is 3. The number of amides is 2. The molecule has 1 aliphatic heterocycles. The fourth-order valence-electron chi connectivity index (χ4n) is 2.70. The van der Waals surface area contributed by atoms with Gasteiger partial charge in [-0.3, -0.25) is 9.59 Å². The summed E-state index contributed by atoms with van der Waals surface area (Å²) < 4.78 is 1.78. The Morgan fingerprint density at radius 3 is 2.70 bits per heavy atom. The summed E-state index contributed by atoms with van der Waals surface area (Å²) in [6.45, 7) is 1.52. The van der Waals surface area contributed by atoms with E-state index in [-0.39, 0.29) is 11.8 Å². The third-order valence-corrected chi connectivity index (χ3v) is 4.01. The fraction of sp³-hybridized carbons (Fsp3) is 0.375. The van der Waals surface area contributed by atoms with Crippen LogP contribution in [0.5, 0.6) is 0 Å². The van der Waals surface area contributed by atoms with Crippen molar-refractivity contribution < 1.29 is 9.59 Å². The highest BCUT2D eigenvalue weighted by atomic mass is 16.2. The number of aryl methyl sites for hydroxylation is 1. The maximum atomic E-state index is 12.4. The summed E-state index contributed by atoms with van der Waals surface area (Å²) in [7, 11) is 1.56. The Balaban J connectivity index is 1.62. The Bertz CT molecular complexity index is 711. The first-order valence-corrected chi connectivity index (χ1v) is 7.65. The SMILES string of the molecule is CNC(=O)c1nnc2n1CCN(C(=O)CCc1ccccc1)C2. The number of carbonyl (C=O) groups is 2. The quantitative estimate of drug-likeness (QED) is 0.897. The van der Waals surface area contributed by atoms with E-state index in [1.807, 2.05) is 30.3 Å². The smallest absolute Gasteiger partial charge is 0.288 e. The van der Waals surface area contributed by atoms with Gasteiger partial charge in [0.05, 0.1) is 6.54 Å². The van der Waals surface area contributed by atoms with Gasteiger partial charge < -0.3 is 14.8 Å². The van der Waals surface area contributed by atoms with Crippen LogP contribution in [0.15, 0.2) is 30.3 Å². The number of rotatable bonds is 4. The van der Waals surface area contributed by atoms with Crippen LogP contribution in [0.2, 0.25) is 0 Å². The van der Waals surface area contributed by atoms with Crippen LogP contribution in [0, 0.1) is 0 Å². The van der Waals surface area contributed by atoms with E-state index in [9.17, 15) is 9.59 Å². The van der Waals surface area contributed by atoms with Gasteiger partial charge in [0, 0.05) is 26.6 Å². The van der Waals surface area contributed by atoms with Crippen molar-refractivity contribution in [3.63, 3.8) is 0 Å². The third kappa shape index (κ3) is 3.23. The van der Waals surface area contributed by atoms with E-state index in [4.69, 9.17) is 0 Å². The minimum atomic E-state index is -0.257. The summed E-state index contributed by atoms with van der Waals surface area (Å²) in [4.78, 5) is 25.9. The Labute approximate surface area is 134 Å². The molecule has 0 unspecified atom stereocenters. The van der Waals surface area contributed by atoms with E-state index in [1.165, 1.54) is 0 Å². The van der Waals surface area contributed by atoms with E-state index >= 15 is 0 Å². The standard InChI is InChI=1S/C16H19N5O2/c1-17-16(23)15-19-18-13-11-20(9-10-21(13)15)14(22)8-7-12-5-3-2-4-6-12/h2-6H,7-11H2,1H3,(H,17,23). The zero-order valence-electron chi connectivity index (χ0n) is 13.0. The van der Waals surface area contributed by atoms with Gasteiger partial charge in [-0.1, -0.05) is 30.3 Å². The summed E-state index contributed by atoms with van der Waals surface area (Å²) in [5.41, 5.74) is 1.16. The average molecular weight is 313 g/mol. The second-order valence-electron chi connectivity index (χ2n) is 5.47. The second kappa shape index (κ2) is 6.60. The van der Waals surface area contributed by atoms with Gasteiger partial charge in [-0.2, -0.15) is 0 Å². The maximum absolute atomic E-state index is 12.4. The monoisotopic (exact) mass is 313 g/mol. The number of carbonyl (C=O) groups excluding carboxylic acids is 2. The highest BCUT2D eigenvalue weighted by Crippen LogP contribution is 2.14. The third-order valence-electron chi connectivity index (χ3n) is 4.01. The van der Waals surface area contributed by atoms with Crippen LogP contribution in [0.3, 0.4) is 0 Å². The minimum Gasteiger partial charge on any atom is -0.352 e. The lowest BCUT2D eigenvalue weighted by Crippen LogP contribution is -2.39. The van der Waals surface area contributed by atoms with Gasteiger partial charge in [0.15, 0.2) is 5.82 Å². The number of fused-ring (bicyclic) bond motifs is 1. The fourth-order valence-corrected chi connectivity index (χ4v) is 2.70. The zero-order chi connectivity index (χ0) is 16.2. The normalized spacial score (nSPS) is 13.5. The average Bonchev–Trinajstić information content (AvgIpc) is 3.03. The Morgan fingerprint density at radius 2 is 1.96 bits per heavy atom. The summed E-state index contributed by atoms with van der Waals surface area (Å²) in [6.07, 6.45) is 1.20. The number of benzene rings is 1. The molecule has 0 saturated heterocycles. The highest BCUT2D eigenvalue weighted by Gasteiger charge is 2.26. The zero-order valence-corrected chi connectivity index (χ0v) is 13.0. The molecule has 0 spiro atoms. The molecule has 2 aromatic rings. The molecule has 0 radical (unpaired) electrons. The molecule has 0 aliphatic carbocycles. The predicted molar refractivity (Wildman–Crippen MR) is 83.6 cm³/mol. The molecule has 120 valence electrons. The van der Waals surface area contributed by atoms with Crippen LogP contribution in [-0.4, -0.2) is 45.1 Å². The molecule has 1 N–H and O–H groups in total.